The topological polar surface area (TPSA) is 38.1 Å². The molecule has 66 valence electrons. The molecule has 0 unspecified atom stereocenters. The smallest absolute Gasteiger partial charge is 0.149 e. The molecule has 1 N–H and O–H groups in total. The van der Waals surface area contributed by atoms with Crippen LogP contribution in [0.3, 0.4) is 0 Å². The summed E-state index contributed by atoms with van der Waals surface area (Å²) in [6, 6.07) is 1.97. The Morgan fingerprint density at radius 3 is 2.83 bits per heavy atom. The predicted octanol–water partition coefficient (Wildman–Crippen LogP) is 1.90. The van der Waals surface area contributed by atoms with Crippen LogP contribution in [-0.4, -0.2) is 18.2 Å². The third-order valence-corrected chi connectivity index (χ3v) is 2.61. The van der Waals surface area contributed by atoms with Crippen LogP contribution >= 0.6 is 15.9 Å². The molecular weight excluding hydrogens is 220 g/mol. The van der Waals surface area contributed by atoms with Crippen LogP contribution in [0.5, 0.6) is 0 Å². The minimum absolute atomic E-state index is 0.560. The van der Waals surface area contributed by atoms with Crippen molar-refractivity contribution in [1.82, 2.24) is 10.5 Å². The molecule has 0 spiro atoms. The molecule has 0 atom stereocenters. The third-order valence-electron chi connectivity index (χ3n) is 2.24. The Morgan fingerprint density at radius 1 is 1.50 bits per heavy atom. The molecule has 1 aliphatic heterocycles. The highest BCUT2D eigenvalue weighted by Gasteiger charge is 2.18. The monoisotopic (exact) mass is 230 g/mol. The van der Waals surface area contributed by atoms with Crippen LogP contribution in [0.4, 0.5) is 0 Å². The molecule has 1 fully saturated rings. The summed E-state index contributed by atoms with van der Waals surface area (Å²) in [7, 11) is 0. The lowest BCUT2D eigenvalue weighted by Crippen LogP contribution is -2.26. The number of piperidine rings is 1. The van der Waals surface area contributed by atoms with E-state index in [-0.39, 0.29) is 0 Å². The Balaban J connectivity index is 2.08. The van der Waals surface area contributed by atoms with E-state index in [1.807, 2.05) is 6.07 Å². The largest absolute Gasteiger partial charge is 0.360 e. The first-order valence-electron chi connectivity index (χ1n) is 4.19. The number of hydrogen-bond acceptors (Lipinski definition) is 3. The molecule has 2 rings (SSSR count). The average molecular weight is 231 g/mol. The lowest BCUT2D eigenvalue weighted by atomic mass is 9.96. The first-order valence-corrected chi connectivity index (χ1v) is 4.98. The number of halogens is 1. The summed E-state index contributed by atoms with van der Waals surface area (Å²) in [6.45, 7) is 2.17. The quantitative estimate of drug-likeness (QED) is 0.802. The summed E-state index contributed by atoms with van der Waals surface area (Å²) in [5.41, 5.74) is 0. The van der Waals surface area contributed by atoms with Gasteiger partial charge < -0.3 is 9.84 Å². The van der Waals surface area contributed by atoms with Gasteiger partial charge in [-0.2, -0.15) is 0 Å². The second-order valence-corrected chi connectivity index (χ2v) is 3.89. The third kappa shape index (κ3) is 1.69. The summed E-state index contributed by atoms with van der Waals surface area (Å²) >= 11 is 3.28. The van der Waals surface area contributed by atoms with E-state index in [9.17, 15) is 0 Å². The summed E-state index contributed by atoms with van der Waals surface area (Å²) < 4.78 is 5.98. The van der Waals surface area contributed by atoms with Crippen LogP contribution in [0.15, 0.2) is 15.2 Å². The molecule has 0 bridgehead atoms. The van der Waals surface area contributed by atoms with Gasteiger partial charge in [-0.15, -0.1) is 0 Å². The number of nitrogens with one attached hydrogen (secondary N) is 1. The number of aromatic nitrogens is 1. The number of nitrogens with zero attached hydrogens (tertiary/aromatic N) is 1. The molecule has 4 heteroatoms. The molecule has 0 saturated carbocycles. The molecule has 0 aromatic carbocycles. The maximum absolute atomic E-state index is 5.18. The van der Waals surface area contributed by atoms with Gasteiger partial charge in [-0.1, -0.05) is 5.16 Å². The molecule has 1 aromatic heterocycles. The van der Waals surface area contributed by atoms with Gasteiger partial charge in [0.05, 0.1) is 0 Å². The van der Waals surface area contributed by atoms with Gasteiger partial charge >= 0.3 is 0 Å². The maximum Gasteiger partial charge on any atom is 0.149 e. The lowest BCUT2D eigenvalue weighted by Gasteiger charge is -2.19. The minimum atomic E-state index is 0.560. The van der Waals surface area contributed by atoms with Gasteiger partial charge in [-0.05, 0) is 41.9 Å². The Hall–Kier alpha value is -0.350. The van der Waals surface area contributed by atoms with Crippen molar-refractivity contribution in [3.8, 4) is 0 Å². The highest BCUT2D eigenvalue weighted by Crippen LogP contribution is 2.26. The second kappa shape index (κ2) is 3.58. The lowest BCUT2D eigenvalue weighted by molar-refractivity contribution is 0.326. The van der Waals surface area contributed by atoms with Gasteiger partial charge in [-0.3, -0.25) is 0 Å². The van der Waals surface area contributed by atoms with Gasteiger partial charge in [0, 0.05) is 12.0 Å². The fraction of sp³-hybridized carbons (Fsp3) is 0.625. The molecule has 2 heterocycles. The summed E-state index contributed by atoms with van der Waals surface area (Å²) in [5.74, 6) is 1.58. The van der Waals surface area contributed by atoms with E-state index in [0.29, 0.717) is 5.92 Å². The molecule has 1 aromatic rings. The van der Waals surface area contributed by atoms with Crippen molar-refractivity contribution < 1.29 is 4.52 Å². The van der Waals surface area contributed by atoms with E-state index < -0.39 is 0 Å². The Morgan fingerprint density at radius 2 is 2.25 bits per heavy atom. The Labute approximate surface area is 79.6 Å². The van der Waals surface area contributed by atoms with Crippen molar-refractivity contribution in [2.45, 2.75) is 18.8 Å². The summed E-state index contributed by atoms with van der Waals surface area (Å²) in [6.07, 6.45) is 2.31. The Kier molecular flexibility index (Phi) is 2.46. The molecule has 12 heavy (non-hydrogen) atoms. The van der Waals surface area contributed by atoms with E-state index in [1.165, 1.54) is 0 Å². The van der Waals surface area contributed by atoms with Gasteiger partial charge in [0.1, 0.15) is 10.4 Å². The van der Waals surface area contributed by atoms with Crippen LogP contribution in [0.2, 0.25) is 0 Å². The van der Waals surface area contributed by atoms with Crippen molar-refractivity contribution in [2.24, 2.45) is 0 Å². The fourth-order valence-corrected chi connectivity index (χ4v) is 1.86. The minimum Gasteiger partial charge on any atom is -0.360 e. The van der Waals surface area contributed by atoms with E-state index >= 15 is 0 Å². The van der Waals surface area contributed by atoms with Crippen molar-refractivity contribution in [2.75, 3.05) is 13.1 Å². The zero-order chi connectivity index (χ0) is 8.39. The van der Waals surface area contributed by atoms with Gasteiger partial charge in [-0.25, -0.2) is 0 Å². The predicted molar refractivity (Wildman–Crippen MR) is 49.0 cm³/mol. The zero-order valence-electron chi connectivity index (χ0n) is 6.72. The van der Waals surface area contributed by atoms with Crippen molar-refractivity contribution in [3.05, 3.63) is 16.4 Å². The summed E-state index contributed by atoms with van der Waals surface area (Å²) in [4.78, 5) is 0. The number of rotatable bonds is 1. The molecule has 1 aliphatic rings. The van der Waals surface area contributed by atoms with Crippen molar-refractivity contribution >= 4 is 15.9 Å². The van der Waals surface area contributed by atoms with Crippen LogP contribution in [0.25, 0.3) is 0 Å². The van der Waals surface area contributed by atoms with E-state index in [4.69, 9.17) is 4.52 Å². The number of hydrogen-bond donors (Lipinski definition) is 1. The Bertz CT molecular complexity index is 255. The van der Waals surface area contributed by atoms with E-state index in [1.54, 1.807) is 0 Å². The van der Waals surface area contributed by atoms with Gasteiger partial charge in [0.2, 0.25) is 0 Å². The standard InChI is InChI=1S/C8H11BrN2O/c9-8-5-7(12-11-8)6-1-3-10-4-2-6/h5-6,10H,1-4H2. The average Bonchev–Trinajstić information content (AvgIpc) is 2.54. The first kappa shape index (κ1) is 8.26. The molecule has 0 aliphatic carbocycles. The SMILES string of the molecule is Brc1cc(C2CCNCC2)on1. The van der Waals surface area contributed by atoms with Crippen LogP contribution < -0.4 is 5.32 Å². The van der Waals surface area contributed by atoms with Crippen molar-refractivity contribution in [3.63, 3.8) is 0 Å². The van der Waals surface area contributed by atoms with Gasteiger partial charge in [0.25, 0.3) is 0 Å². The molecule has 1 saturated heterocycles. The zero-order valence-corrected chi connectivity index (χ0v) is 8.30. The van der Waals surface area contributed by atoms with E-state index in [2.05, 4.69) is 26.4 Å². The molecule has 0 amide bonds. The second-order valence-electron chi connectivity index (χ2n) is 3.08. The molecular formula is C8H11BrN2O. The molecule has 3 nitrogen and oxygen atoms in total. The van der Waals surface area contributed by atoms with Crippen molar-refractivity contribution in [1.29, 1.82) is 0 Å². The normalized spacial score (nSPS) is 19.8. The fourth-order valence-electron chi connectivity index (χ4n) is 1.57. The highest BCUT2D eigenvalue weighted by atomic mass is 79.9. The highest BCUT2D eigenvalue weighted by molar-refractivity contribution is 9.10. The maximum atomic E-state index is 5.18. The summed E-state index contributed by atoms with van der Waals surface area (Å²) in [5, 5.41) is 7.13. The van der Waals surface area contributed by atoms with Crippen LogP contribution in [0.1, 0.15) is 24.5 Å². The van der Waals surface area contributed by atoms with Gasteiger partial charge in [0.15, 0.2) is 0 Å². The molecule has 0 radical (unpaired) electrons. The van der Waals surface area contributed by atoms with Crippen LogP contribution in [0, 0.1) is 0 Å². The van der Waals surface area contributed by atoms with E-state index in [0.717, 1.165) is 36.3 Å². The first-order chi connectivity index (χ1) is 5.86. The van der Waals surface area contributed by atoms with Crippen LogP contribution in [-0.2, 0) is 0 Å².